The molecule has 0 aliphatic rings. The highest BCUT2D eigenvalue weighted by atomic mass is 32.2. The van der Waals surface area contributed by atoms with Crippen LogP contribution >= 0.6 is 11.8 Å². The topological polar surface area (TPSA) is 68.5 Å². The number of Topliss-reactive ketones (excluding diaryl/α,β-unsaturated/α-hetero) is 1. The zero-order valence-electron chi connectivity index (χ0n) is 13.6. The molecule has 1 aromatic carbocycles. The van der Waals surface area contributed by atoms with E-state index in [0.29, 0.717) is 24.3 Å². The largest absolute Gasteiger partial charge is 0.484 e. The molecule has 0 aliphatic heterocycles. The number of ether oxygens (including phenoxy) is 1. The standard InChI is InChI=1S/C18H21NO4S/c1-2-17(20)14-5-7-15(8-6-14)23-12-18(21)19-9-11-24-13-16-4-3-10-22-16/h3-8,10H,2,9,11-13H2,1H3,(H,19,21). The second-order valence-electron chi connectivity index (χ2n) is 5.07. The molecule has 2 rings (SSSR count). The summed E-state index contributed by atoms with van der Waals surface area (Å²) in [4.78, 5) is 23.2. The number of carbonyl (C=O) groups excluding carboxylic acids is 2. The molecule has 0 fully saturated rings. The number of hydrogen-bond donors (Lipinski definition) is 1. The molecule has 1 aromatic heterocycles. The minimum Gasteiger partial charge on any atom is -0.484 e. The molecule has 0 bridgehead atoms. The Hall–Kier alpha value is -2.21. The van der Waals surface area contributed by atoms with Crippen molar-refractivity contribution in [2.75, 3.05) is 18.9 Å². The number of carbonyl (C=O) groups is 2. The van der Waals surface area contributed by atoms with E-state index < -0.39 is 0 Å². The molecular formula is C18H21NO4S. The summed E-state index contributed by atoms with van der Waals surface area (Å²) < 4.78 is 10.6. The fourth-order valence-corrected chi connectivity index (χ4v) is 2.73. The first kappa shape index (κ1) is 18.1. The maximum absolute atomic E-state index is 11.7. The summed E-state index contributed by atoms with van der Waals surface area (Å²) in [6.07, 6.45) is 2.13. The SMILES string of the molecule is CCC(=O)c1ccc(OCC(=O)NCCSCc2ccco2)cc1. The predicted octanol–water partition coefficient (Wildman–Crippen LogP) is 3.30. The summed E-state index contributed by atoms with van der Waals surface area (Å²) in [5, 5.41) is 2.80. The lowest BCUT2D eigenvalue weighted by molar-refractivity contribution is -0.122. The van der Waals surface area contributed by atoms with Gasteiger partial charge in [-0.3, -0.25) is 9.59 Å². The lowest BCUT2D eigenvalue weighted by atomic mass is 10.1. The minimum absolute atomic E-state index is 0.0378. The Balaban J connectivity index is 1.59. The smallest absolute Gasteiger partial charge is 0.257 e. The van der Waals surface area contributed by atoms with Gasteiger partial charge in [-0.2, -0.15) is 11.8 Å². The van der Waals surface area contributed by atoms with Crippen molar-refractivity contribution in [3.8, 4) is 5.75 Å². The van der Waals surface area contributed by atoms with E-state index in [4.69, 9.17) is 9.15 Å². The molecule has 6 heteroatoms. The summed E-state index contributed by atoms with van der Waals surface area (Å²) in [7, 11) is 0. The molecule has 0 radical (unpaired) electrons. The van der Waals surface area contributed by atoms with Crippen LogP contribution in [0.2, 0.25) is 0 Å². The van der Waals surface area contributed by atoms with Gasteiger partial charge in [0.15, 0.2) is 12.4 Å². The van der Waals surface area contributed by atoms with E-state index in [1.54, 1.807) is 42.3 Å². The summed E-state index contributed by atoms with van der Waals surface area (Å²) in [6, 6.07) is 10.6. The van der Waals surface area contributed by atoms with Gasteiger partial charge in [0.2, 0.25) is 0 Å². The Morgan fingerprint density at radius 1 is 1.21 bits per heavy atom. The van der Waals surface area contributed by atoms with Crippen LogP contribution in [0.4, 0.5) is 0 Å². The Morgan fingerprint density at radius 3 is 2.67 bits per heavy atom. The number of hydrogen-bond acceptors (Lipinski definition) is 5. The van der Waals surface area contributed by atoms with Crippen molar-refractivity contribution in [1.82, 2.24) is 5.32 Å². The van der Waals surface area contributed by atoms with Gasteiger partial charge < -0.3 is 14.5 Å². The second kappa shape index (κ2) is 9.82. The molecule has 1 N–H and O–H groups in total. The third kappa shape index (κ3) is 6.12. The van der Waals surface area contributed by atoms with Gasteiger partial charge in [-0.1, -0.05) is 6.92 Å². The van der Waals surface area contributed by atoms with E-state index in [0.717, 1.165) is 17.3 Å². The molecule has 0 aliphatic carbocycles. The number of thioether (sulfide) groups is 1. The Kier molecular flexibility index (Phi) is 7.42. The first-order valence-corrected chi connectivity index (χ1v) is 8.97. The highest BCUT2D eigenvalue weighted by Crippen LogP contribution is 2.13. The van der Waals surface area contributed by atoms with Crippen LogP contribution in [0.1, 0.15) is 29.5 Å². The van der Waals surface area contributed by atoms with Crippen LogP contribution < -0.4 is 10.1 Å². The van der Waals surface area contributed by atoms with Crippen molar-refractivity contribution in [2.24, 2.45) is 0 Å². The van der Waals surface area contributed by atoms with Crippen molar-refractivity contribution >= 4 is 23.5 Å². The van der Waals surface area contributed by atoms with Crippen LogP contribution in [0.25, 0.3) is 0 Å². The molecule has 2 aromatic rings. The number of furan rings is 1. The van der Waals surface area contributed by atoms with Gasteiger partial charge in [-0.05, 0) is 36.4 Å². The van der Waals surface area contributed by atoms with Crippen LogP contribution in [0.3, 0.4) is 0 Å². The average molecular weight is 347 g/mol. The number of ketones is 1. The first-order valence-electron chi connectivity index (χ1n) is 7.82. The molecule has 0 saturated heterocycles. The van der Waals surface area contributed by atoms with Crippen LogP contribution in [0, 0.1) is 0 Å². The Bertz CT molecular complexity index is 638. The van der Waals surface area contributed by atoms with Crippen LogP contribution in [0.5, 0.6) is 5.75 Å². The van der Waals surface area contributed by atoms with Crippen LogP contribution in [-0.4, -0.2) is 30.6 Å². The summed E-state index contributed by atoms with van der Waals surface area (Å²) >= 11 is 1.69. The van der Waals surface area contributed by atoms with Gasteiger partial charge in [0.05, 0.1) is 12.0 Å². The highest BCUT2D eigenvalue weighted by Gasteiger charge is 2.05. The molecule has 0 spiro atoms. The first-order chi connectivity index (χ1) is 11.7. The Labute approximate surface area is 145 Å². The van der Waals surface area contributed by atoms with Crippen LogP contribution in [-0.2, 0) is 10.5 Å². The van der Waals surface area contributed by atoms with E-state index in [1.807, 2.05) is 19.1 Å². The second-order valence-corrected chi connectivity index (χ2v) is 6.18. The molecule has 5 nitrogen and oxygen atoms in total. The lowest BCUT2D eigenvalue weighted by Gasteiger charge is -2.08. The molecule has 128 valence electrons. The zero-order valence-corrected chi connectivity index (χ0v) is 14.4. The minimum atomic E-state index is -0.165. The average Bonchev–Trinajstić information content (AvgIpc) is 3.13. The molecule has 24 heavy (non-hydrogen) atoms. The van der Waals surface area contributed by atoms with Crippen LogP contribution in [0.15, 0.2) is 47.1 Å². The molecule has 0 saturated carbocycles. The lowest BCUT2D eigenvalue weighted by Crippen LogP contribution is -2.30. The maximum atomic E-state index is 11.7. The number of amides is 1. The van der Waals surface area contributed by atoms with E-state index in [2.05, 4.69) is 5.32 Å². The van der Waals surface area contributed by atoms with Crippen molar-refractivity contribution in [2.45, 2.75) is 19.1 Å². The third-order valence-electron chi connectivity index (χ3n) is 3.26. The summed E-state index contributed by atoms with van der Waals surface area (Å²) in [5.41, 5.74) is 0.655. The highest BCUT2D eigenvalue weighted by molar-refractivity contribution is 7.98. The van der Waals surface area contributed by atoms with E-state index in [-0.39, 0.29) is 18.3 Å². The Morgan fingerprint density at radius 2 is 2.00 bits per heavy atom. The molecule has 0 unspecified atom stereocenters. The quantitative estimate of drug-likeness (QED) is 0.527. The number of benzene rings is 1. The van der Waals surface area contributed by atoms with E-state index in [9.17, 15) is 9.59 Å². The molecule has 1 amide bonds. The summed E-state index contributed by atoms with van der Waals surface area (Å²) in [5.74, 6) is 3.03. The van der Waals surface area contributed by atoms with E-state index >= 15 is 0 Å². The molecule has 1 heterocycles. The van der Waals surface area contributed by atoms with Gasteiger partial charge in [-0.25, -0.2) is 0 Å². The van der Waals surface area contributed by atoms with Crippen molar-refractivity contribution in [3.05, 3.63) is 54.0 Å². The monoisotopic (exact) mass is 347 g/mol. The van der Waals surface area contributed by atoms with Crippen molar-refractivity contribution in [3.63, 3.8) is 0 Å². The predicted molar refractivity (Wildman–Crippen MR) is 94.4 cm³/mol. The fraction of sp³-hybridized carbons (Fsp3) is 0.333. The van der Waals surface area contributed by atoms with E-state index in [1.165, 1.54) is 0 Å². The van der Waals surface area contributed by atoms with Gasteiger partial charge in [0.1, 0.15) is 11.5 Å². The number of rotatable bonds is 10. The molecular weight excluding hydrogens is 326 g/mol. The van der Waals surface area contributed by atoms with Gasteiger partial charge in [-0.15, -0.1) is 0 Å². The number of nitrogens with one attached hydrogen (secondary N) is 1. The van der Waals surface area contributed by atoms with Crippen molar-refractivity contribution in [1.29, 1.82) is 0 Å². The zero-order chi connectivity index (χ0) is 17.2. The van der Waals surface area contributed by atoms with Gasteiger partial charge in [0, 0.05) is 24.3 Å². The third-order valence-corrected chi connectivity index (χ3v) is 4.24. The van der Waals surface area contributed by atoms with Crippen molar-refractivity contribution < 1.29 is 18.7 Å². The normalized spacial score (nSPS) is 10.4. The fourth-order valence-electron chi connectivity index (χ4n) is 1.97. The summed E-state index contributed by atoms with van der Waals surface area (Å²) in [6.45, 7) is 2.37. The van der Waals surface area contributed by atoms with Gasteiger partial charge >= 0.3 is 0 Å². The molecule has 0 atom stereocenters. The maximum Gasteiger partial charge on any atom is 0.257 e. The van der Waals surface area contributed by atoms with Gasteiger partial charge in [0.25, 0.3) is 5.91 Å².